The molecule has 0 N–H and O–H groups in total. The molecule has 0 radical (unpaired) electrons. The summed E-state index contributed by atoms with van der Waals surface area (Å²) in [5, 5.41) is 7.75. The van der Waals surface area contributed by atoms with Crippen LogP contribution in [-0.2, 0) is 12.8 Å². The minimum atomic E-state index is -4.38. The van der Waals surface area contributed by atoms with Crippen LogP contribution in [0.4, 0.5) is 13.2 Å². The topological polar surface area (TPSA) is 35.0 Å². The van der Waals surface area contributed by atoms with Crippen LogP contribution in [0.5, 0.6) is 5.75 Å². The number of ether oxygens (including phenoxy) is 1. The summed E-state index contributed by atoms with van der Waals surface area (Å²) in [5.74, 6) is 0.121. The third kappa shape index (κ3) is 3.33. The van der Waals surface area contributed by atoms with E-state index in [0.29, 0.717) is 5.01 Å². The SMILES string of the molecule is FC(F)(F)c1cccc(OCc2nnc(Cl)s2)c1. The number of rotatable bonds is 3. The van der Waals surface area contributed by atoms with E-state index in [-0.39, 0.29) is 16.8 Å². The molecule has 2 aromatic rings. The fourth-order valence-corrected chi connectivity index (χ4v) is 1.98. The van der Waals surface area contributed by atoms with Gasteiger partial charge in [-0.2, -0.15) is 13.2 Å². The van der Waals surface area contributed by atoms with Crippen LogP contribution in [0.3, 0.4) is 0 Å². The second kappa shape index (κ2) is 5.11. The van der Waals surface area contributed by atoms with Gasteiger partial charge >= 0.3 is 6.18 Å². The Balaban J connectivity index is 2.06. The highest BCUT2D eigenvalue weighted by atomic mass is 35.5. The zero-order valence-corrected chi connectivity index (χ0v) is 10.3. The Morgan fingerprint density at radius 2 is 2.06 bits per heavy atom. The summed E-state index contributed by atoms with van der Waals surface area (Å²) in [4.78, 5) is 0. The maximum absolute atomic E-state index is 12.4. The lowest BCUT2D eigenvalue weighted by Gasteiger charge is -2.09. The molecule has 2 rings (SSSR count). The summed E-state index contributed by atoms with van der Waals surface area (Å²) >= 11 is 6.68. The van der Waals surface area contributed by atoms with Gasteiger partial charge in [-0.25, -0.2) is 0 Å². The monoisotopic (exact) mass is 294 g/mol. The molecule has 1 heterocycles. The molecule has 0 saturated carbocycles. The van der Waals surface area contributed by atoms with Crippen LogP contribution in [0.25, 0.3) is 0 Å². The molecule has 0 spiro atoms. The first kappa shape index (κ1) is 13.1. The van der Waals surface area contributed by atoms with Crippen LogP contribution < -0.4 is 4.74 Å². The Labute approximate surface area is 109 Å². The number of hydrogen-bond donors (Lipinski definition) is 0. The average molecular weight is 295 g/mol. The van der Waals surface area contributed by atoms with Crippen LogP contribution in [-0.4, -0.2) is 10.2 Å². The van der Waals surface area contributed by atoms with Crippen LogP contribution in [0.2, 0.25) is 4.47 Å². The molecule has 1 aromatic heterocycles. The Kier molecular flexibility index (Phi) is 3.72. The standard InChI is InChI=1S/C10H6ClF3N2OS/c11-9-16-15-8(18-9)5-17-7-3-1-2-6(4-7)10(12,13)14/h1-4H,5H2. The first-order valence-electron chi connectivity index (χ1n) is 4.73. The van der Waals surface area contributed by atoms with E-state index < -0.39 is 11.7 Å². The molecule has 18 heavy (non-hydrogen) atoms. The first-order valence-corrected chi connectivity index (χ1v) is 5.92. The van der Waals surface area contributed by atoms with Gasteiger partial charge in [0.25, 0.3) is 0 Å². The van der Waals surface area contributed by atoms with Crippen LogP contribution in [0.15, 0.2) is 24.3 Å². The molecular weight excluding hydrogens is 289 g/mol. The van der Waals surface area contributed by atoms with Crippen molar-refractivity contribution in [2.75, 3.05) is 0 Å². The molecule has 0 fully saturated rings. The van der Waals surface area contributed by atoms with Crippen LogP contribution >= 0.6 is 22.9 Å². The molecule has 0 aliphatic heterocycles. The van der Waals surface area contributed by atoms with Crippen molar-refractivity contribution in [2.45, 2.75) is 12.8 Å². The van der Waals surface area contributed by atoms with Gasteiger partial charge in [0.2, 0.25) is 4.47 Å². The summed E-state index contributed by atoms with van der Waals surface area (Å²) in [6.45, 7) is 0.0334. The van der Waals surface area contributed by atoms with E-state index in [1.807, 2.05) is 0 Å². The van der Waals surface area contributed by atoms with E-state index in [9.17, 15) is 13.2 Å². The number of halogens is 4. The molecule has 0 saturated heterocycles. The lowest BCUT2D eigenvalue weighted by Crippen LogP contribution is -2.05. The number of nitrogens with zero attached hydrogens (tertiary/aromatic N) is 2. The van der Waals surface area contributed by atoms with Gasteiger partial charge in [-0.05, 0) is 29.8 Å². The van der Waals surface area contributed by atoms with Crippen molar-refractivity contribution < 1.29 is 17.9 Å². The Hall–Kier alpha value is -1.34. The van der Waals surface area contributed by atoms with Crippen molar-refractivity contribution in [1.82, 2.24) is 10.2 Å². The highest BCUT2D eigenvalue weighted by Crippen LogP contribution is 2.31. The predicted molar refractivity (Wildman–Crippen MR) is 60.7 cm³/mol. The fraction of sp³-hybridized carbons (Fsp3) is 0.200. The molecule has 0 bridgehead atoms. The number of alkyl halides is 3. The maximum Gasteiger partial charge on any atom is 0.416 e. The number of aromatic nitrogens is 2. The summed E-state index contributed by atoms with van der Waals surface area (Å²) in [7, 11) is 0. The minimum Gasteiger partial charge on any atom is -0.486 e. The lowest BCUT2D eigenvalue weighted by atomic mass is 10.2. The van der Waals surface area contributed by atoms with Gasteiger partial charge in [0.1, 0.15) is 12.4 Å². The largest absolute Gasteiger partial charge is 0.486 e. The van der Waals surface area contributed by atoms with E-state index in [0.717, 1.165) is 23.5 Å². The third-order valence-electron chi connectivity index (χ3n) is 1.97. The summed E-state index contributed by atoms with van der Waals surface area (Å²) in [6.07, 6.45) is -4.38. The fourth-order valence-electron chi connectivity index (χ4n) is 1.20. The van der Waals surface area contributed by atoms with Gasteiger partial charge in [-0.1, -0.05) is 17.4 Å². The van der Waals surface area contributed by atoms with E-state index in [1.54, 1.807) is 0 Å². The summed E-state index contributed by atoms with van der Waals surface area (Å²) in [6, 6.07) is 4.64. The second-order valence-electron chi connectivity index (χ2n) is 3.26. The smallest absolute Gasteiger partial charge is 0.416 e. The third-order valence-corrected chi connectivity index (χ3v) is 2.96. The molecule has 0 unspecified atom stereocenters. The zero-order chi connectivity index (χ0) is 13.2. The Morgan fingerprint density at radius 1 is 1.28 bits per heavy atom. The van der Waals surface area contributed by atoms with E-state index in [4.69, 9.17) is 16.3 Å². The van der Waals surface area contributed by atoms with E-state index >= 15 is 0 Å². The van der Waals surface area contributed by atoms with Crippen molar-refractivity contribution in [1.29, 1.82) is 0 Å². The van der Waals surface area contributed by atoms with Gasteiger partial charge in [0.05, 0.1) is 5.56 Å². The van der Waals surface area contributed by atoms with Gasteiger partial charge in [-0.15, -0.1) is 10.2 Å². The number of benzene rings is 1. The van der Waals surface area contributed by atoms with Crippen molar-refractivity contribution >= 4 is 22.9 Å². The van der Waals surface area contributed by atoms with Crippen LogP contribution in [0, 0.1) is 0 Å². The average Bonchev–Trinajstić information content (AvgIpc) is 2.72. The normalized spacial score (nSPS) is 11.6. The minimum absolute atomic E-state index is 0.0334. The van der Waals surface area contributed by atoms with E-state index in [2.05, 4.69) is 10.2 Å². The summed E-state index contributed by atoms with van der Waals surface area (Å²) < 4.78 is 42.8. The first-order chi connectivity index (χ1) is 8.45. The quantitative estimate of drug-likeness (QED) is 0.864. The highest BCUT2D eigenvalue weighted by Gasteiger charge is 2.30. The molecule has 0 amide bonds. The molecular formula is C10H6ClF3N2OS. The van der Waals surface area contributed by atoms with Gasteiger partial charge in [-0.3, -0.25) is 0 Å². The Morgan fingerprint density at radius 3 is 2.67 bits per heavy atom. The van der Waals surface area contributed by atoms with Crippen LogP contribution in [0.1, 0.15) is 10.6 Å². The van der Waals surface area contributed by atoms with Crippen molar-refractivity contribution in [3.63, 3.8) is 0 Å². The Bertz CT molecular complexity index is 544. The molecule has 8 heteroatoms. The van der Waals surface area contributed by atoms with Gasteiger partial charge in [0.15, 0.2) is 5.01 Å². The maximum atomic E-state index is 12.4. The van der Waals surface area contributed by atoms with Crippen molar-refractivity contribution in [2.24, 2.45) is 0 Å². The molecule has 3 nitrogen and oxygen atoms in total. The molecule has 96 valence electrons. The van der Waals surface area contributed by atoms with Crippen molar-refractivity contribution in [3.05, 3.63) is 39.3 Å². The van der Waals surface area contributed by atoms with Crippen molar-refractivity contribution in [3.8, 4) is 5.75 Å². The van der Waals surface area contributed by atoms with E-state index in [1.165, 1.54) is 12.1 Å². The van der Waals surface area contributed by atoms with Gasteiger partial charge in [0, 0.05) is 0 Å². The second-order valence-corrected chi connectivity index (χ2v) is 4.91. The number of hydrogen-bond acceptors (Lipinski definition) is 4. The summed E-state index contributed by atoms with van der Waals surface area (Å²) in [5.41, 5.74) is -0.754. The highest BCUT2D eigenvalue weighted by molar-refractivity contribution is 7.15. The molecule has 0 atom stereocenters. The molecule has 1 aromatic carbocycles. The predicted octanol–water partition coefficient (Wildman–Crippen LogP) is 3.79. The lowest BCUT2D eigenvalue weighted by molar-refractivity contribution is -0.137. The van der Waals surface area contributed by atoms with Gasteiger partial charge < -0.3 is 4.74 Å². The molecule has 0 aliphatic carbocycles. The zero-order valence-electron chi connectivity index (χ0n) is 8.74. The molecule has 0 aliphatic rings.